The molecule has 7 heteroatoms. The molecule has 4 rings (SSSR count). The van der Waals surface area contributed by atoms with Crippen LogP contribution in [0, 0.1) is 20.8 Å². The number of benzene rings is 2. The summed E-state index contributed by atoms with van der Waals surface area (Å²) in [6.07, 6.45) is 0. The molecular formula is C23H23N5O2. The third-order valence-corrected chi connectivity index (χ3v) is 5.16. The number of hydrogen-bond acceptors (Lipinski definition) is 5. The van der Waals surface area contributed by atoms with E-state index in [9.17, 15) is 4.79 Å². The van der Waals surface area contributed by atoms with Gasteiger partial charge in [0.1, 0.15) is 0 Å². The zero-order valence-electron chi connectivity index (χ0n) is 17.4. The molecule has 0 fully saturated rings. The van der Waals surface area contributed by atoms with E-state index in [4.69, 9.17) is 4.74 Å². The number of nitrogens with one attached hydrogen (secondary N) is 1. The van der Waals surface area contributed by atoms with Crippen molar-refractivity contribution in [2.45, 2.75) is 27.4 Å². The average molecular weight is 401 g/mol. The molecule has 0 unspecified atom stereocenters. The minimum atomic E-state index is -0.324. The van der Waals surface area contributed by atoms with Gasteiger partial charge in [0.2, 0.25) is 0 Å². The molecule has 0 atom stereocenters. The van der Waals surface area contributed by atoms with Gasteiger partial charge < -0.3 is 10.1 Å². The Balaban J connectivity index is 1.77. The van der Waals surface area contributed by atoms with Gasteiger partial charge in [0.05, 0.1) is 23.6 Å². The van der Waals surface area contributed by atoms with Crippen molar-refractivity contribution in [3.63, 3.8) is 0 Å². The molecule has 2 aromatic heterocycles. The van der Waals surface area contributed by atoms with E-state index in [-0.39, 0.29) is 11.6 Å². The summed E-state index contributed by atoms with van der Waals surface area (Å²) in [6, 6.07) is 15.6. The topological polar surface area (TPSA) is 81.4 Å². The Hall–Kier alpha value is -3.58. The van der Waals surface area contributed by atoms with E-state index in [2.05, 4.69) is 20.6 Å². The minimum Gasteiger partial charge on any atom is -0.378 e. The van der Waals surface area contributed by atoms with E-state index in [0.717, 1.165) is 28.1 Å². The van der Waals surface area contributed by atoms with Crippen molar-refractivity contribution < 1.29 is 9.53 Å². The normalized spacial score (nSPS) is 11.1. The smallest absolute Gasteiger partial charge is 0.278 e. The van der Waals surface area contributed by atoms with Crippen LogP contribution in [-0.4, -0.2) is 32.8 Å². The summed E-state index contributed by atoms with van der Waals surface area (Å²) in [7, 11) is 1.62. The number of carbonyl (C=O) groups is 1. The molecule has 0 spiro atoms. The second-order valence-electron chi connectivity index (χ2n) is 7.24. The molecule has 0 saturated heterocycles. The number of rotatable bonds is 5. The second-order valence-corrected chi connectivity index (χ2v) is 7.24. The van der Waals surface area contributed by atoms with Crippen molar-refractivity contribution in [2.75, 3.05) is 12.4 Å². The number of aromatic nitrogens is 4. The monoisotopic (exact) mass is 401 g/mol. The molecule has 30 heavy (non-hydrogen) atoms. The SMILES string of the molecule is COCc1nn2c(C)c(C(=O)Nc3ccc(C)c(C)c3)nnc2c1-c1ccccc1. The van der Waals surface area contributed by atoms with Gasteiger partial charge in [-0.15, -0.1) is 10.2 Å². The van der Waals surface area contributed by atoms with E-state index < -0.39 is 0 Å². The molecular weight excluding hydrogens is 378 g/mol. The Bertz CT molecular complexity index is 1230. The zero-order chi connectivity index (χ0) is 21.3. The summed E-state index contributed by atoms with van der Waals surface area (Å²) in [6.45, 7) is 6.19. The highest BCUT2D eigenvalue weighted by Gasteiger charge is 2.21. The van der Waals surface area contributed by atoms with Crippen LogP contribution in [0.4, 0.5) is 5.69 Å². The van der Waals surface area contributed by atoms with Crippen LogP contribution >= 0.6 is 0 Å². The molecule has 4 aromatic rings. The fourth-order valence-electron chi connectivity index (χ4n) is 3.41. The summed E-state index contributed by atoms with van der Waals surface area (Å²) in [5, 5.41) is 16.2. The Labute approximate surface area is 174 Å². The number of methoxy groups -OCH3 is 1. The van der Waals surface area contributed by atoms with E-state index >= 15 is 0 Å². The predicted octanol–water partition coefficient (Wildman–Crippen LogP) is 4.12. The van der Waals surface area contributed by atoms with Gasteiger partial charge in [0, 0.05) is 12.8 Å². The van der Waals surface area contributed by atoms with Crippen LogP contribution in [0.3, 0.4) is 0 Å². The van der Waals surface area contributed by atoms with Gasteiger partial charge in [-0.1, -0.05) is 36.4 Å². The number of aryl methyl sites for hydroxylation is 3. The Morgan fingerprint density at radius 2 is 1.80 bits per heavy atom. The number of fused-ring (bicyclic) bond motifs is 1. The van der Waals surface area contributed by atoms with Crippen LogP contribution < -0.4 is 5.32 Å². The van der Waals surface area contributed by atoms with Crippen LogP contribution in [0.15, 0.2) is 48.5 Å². The molecule has 2 aromatic carbocycles. The molecule has 1 amide bonds. The first-order chi connectivity index (χ1) is 14.5. The van der Waals surface area contributed by atoms with Gasteiger partial charge in [-0.2, -0.15) is 5.10 Å². The maximum absolute atomic E-state index is 12.9. The van der Waals surface area contributed by atoms with Gasteiger partial charge >= 0.3 is 0 Å². The van der Waals surface area contributed by atoms with Crippen molar-refractivity contribution in [2.24, 2.45) is 0 Å². The Kier molecular flexibility index (Phi) is 5.29. The third-order valence-electron chi connectivity index (χ3n) is 5.16. The molecule has 0 bridgehead atoms. The molecule has 0 aliphatic heterocycles. The van der Waals surface area contributed by atoms with Gasteiger partial charge in [0.25, 0.3) is 5.91 Å². The van der Waals surface area contributed by atoms with Crippen molar-refractivity contribution in [1.82, 2.24) is 19.8 Å². The first-order valence-electron chi connectivity index (χ1n) is 9.67. The van der Waals surface area contributed by atoms with Crippen molar-refractivity contribution >= 4 is 17.2 Å². The zero-order valence-corrected chi connectivity index (χ0v) is 17.4. The lowest BCUT2D eigenvalue weighted by Gasteiger charge is -2.09. The summed E-state index contributed by atoms with van der Waals surface area (Å²) < 4.78 is 7.00. The number of ether oxygens (including phenoxy) is 1. The fraction of sp³-hybridized carbons (Fsp3) is 0.217. The number of anilines is 1. The summed E-state index contributed by atoms with van der Waals surface area (Å²) in [4.78, 5) is 12.9. The van der Waals surface area contributed by atoms with Gasteiger partial charge in [-0.05, 0) is 49.6 Å². The quantitative estimate of drug-likeness (QED) is 0.544. The third kappa shape index (κ3) is 3.55. The van der Waals surface area contributed by atoms with Crippen molar-refractivity contribution in [1.29, 1.82) is 0 Å². The van der Waals surface area contributed by atoms with Crippen LogP contribution in [0.25, 0.3) is 16.8 Å². The molecule has 1 N–H and O–H groups in total. The molecule has 0 radical (unpaired) electrons. The lowest BCUT2D eigenvalue weighted by atomic mass is 10.1. The number of nitrogens with zero attached hydrogens (tertiary/aromatic N) is 4. The molecule has 152 valence electrons. The summed E-state index contributed by atoms with van der Waals surface area (Å²) in [5.41, 5.74) is 6.99. The molecule has 0 saturated carbocycles. The maximum atomic E-state index is 12.9. The number of hydrogen-bond donors (Lipinski definition) is 1. The van der Waals surface area contributed by atoms with Crippen LogP contribution in [0.2, 0.25) is 0 Å². The molecule has 0 aliphatic carbocycles. The first kappa shape index (κ1) is 19.7. The highest BCUT2D eigenvalue weighted by molar-refractivity contribution is 6.03. The van der Waals surface area contributed by atoms with E-state index in [1.54, 1.807) is 11.6 Å². The summed E-state index contributed by atoms with van der Waals surface area (Å²) in [5.74, 6) is -0.324. The highest BCUT2D eigenvalue weighted by atomic mass is 16.5. The Morgan fingerprint density at radius 1 is 1.03 bits per heavy atom. The van der Waals surface area contributed by atoms with Crippen LogP contribution in [-0.2, 0) is 11.3 Å². The first-order valence-corrected chi connectivity index (χ1v) is 9.67. The van der Waals surface area contributed by atoms with Crippen molar-refractivity contribution in [3.8, 4) is 11.1 Å². The maximum Gasteiger partial charge on any atom is 0.278 e. The van der Waals surface area contributed by atoms with Gasteiger partial charge in [-0.25, -0.2) is 4.52 Å². The van der Waals surface area contributed by atoms with E-state index in [1.165, 1.54) is 5.56 Å². The number of amides is 1. The standard InChI is InChI=1S/C23H23N5O2/c1-14-10-11-18(12-15(14)2)24-23(29)21-16(3)28-22(26-25-21)20(19(27-28)13-30-4)17-8-6-5-7-9-17/h5-12H,13H2,1-4H3,(H,24,29). The lowest BCUT2D eigenvalue weighted by molar-refractivity contribution is 0.102. The van der Waals surface area contributed by atoms with Crippen molar-refractivity contribution in [3.05, 3.63) is 76.7 Å². The lowest BCUT2D eigenvalue weighted by Crippen LogP contribution is -2.18. The van der Waals surface area contributed by atoms with Crippen LogP contribution in [0.5, 0.6) is 0 Å². The van der Waals surface area contributed by atoms with Gasteiger partial charge in [0.15, 0.2) is 11.3 Å². The molecule has 7 nitrogen and oxygen atoms in total. The van der Waals surface area contributed by atoms with E-state index in [1.807, 2.05) is 69.3 Å². The molecule has 0 aliphatic rings. The predicted molar refractivity (Wildman–Crippen MR) is 116 cm³/mol. The van der Waals surface area contributed by atoms with E-state index in [0.29, 0.717) is 17.9 Å². The average Bonchev–Trinajstić information content (AvgIpc) is 3.11. The summed E-state index contributed by atoms with van der Waals surface area (Å²) >= 11 is 0. The minimum absolute atomic E-state index is 0.229. The Morgan fingerprint density at radius 3 is 2.50 bits per heavy atom. The second kappa shape index (κ2) is 8.04. The number of carbonyl (C=O) groups excluding carboxylic acids is 1. The van der Waals surface area contributed by atoms with Gasteiger partial charge in [-0.3, -0.25) is 4.79 Å². The molecule has 2 heterocycles. The largest absolute Gasteiger partial charge is 0.378 e. The fourth-order valence-corrected chi connectivity index (χ4v) is 3.41. The highest BCUT2D eigenvalue weighted by Crippen LogP contribution is 2.28. The van der Waals surface area contributed by atoms with Crippen LogP contribution in [0.1, 0.15) is 33.0 Å².